The minimum absolute atomic E-state index is 0.0581. The number of fused-ring (bicyclic) bond motifs is 1. The molecule has 1 aromatic carbocycles. The van der Waals surface area contributed by atoms with E-state index >= 15 is 8.78 Å². The summed E-state index contributed by atoms with van der Waals surface area (Å²) in [6, 6.07) is 3.23. The van der Waals surface area contributed by atoms with Crippen molar-refractivity contribution in [3.8, 4) is 5.75 Å². The van der Waals surface area contributed by atoms with E-state index in [1.165, 1.54) is 13.2 Å². The fourth-order valence-corrected chi connectivity index (χ4v) is 4.71. The van der Waals surface area contributed by atoms with Crippen LogP contribution in [0, 0.1) is 17.6 Å². The molecule has 5 rings (SSSR count). The van der Waals surface area contributed by atoms with E-state index in [2.05, 4.69) is 24.8 Å². The highest BCUT2D eigenvalue weighted by Gasteiger charge is 2.26. The molecule has 0 saturated carbocycles. The Labute approximate surface area is 197 Å². The smallest absolute Gasteiger partial charge is 0.229 e. The molecule has 182 valence electrons. The lowest BCUT2D eigenvalue weighted by molar-refractivity contribution is 0.0616. The lowest BCUT2D eigenvalue weighted by Crippen LogP contribution is -2.45. The third kappa shape index (κ3) is 4.52. The molecule has 0 amide bonds. The van der Waals surface area contributed by atoms with E-state index in [1.54, 1.807) is 11.1 Å². The SMILES string of the molecule is COc1c(Nc2ncc3ccn(CC4CCOCC4)c3n2)cc(F)c(N2CCN(C)CC2)c1F. The van der Waals surface area contributed by atoms with E-state index in [9.17, 15) is 0 Å². The van der Waals surface area contributed by atoms with Gasteiger partial charge in [-0.1, -0.05) is 0 Å². The average molecular weight is 473 g/mol. The molecular weight excluding hydrogens is 442 g/mol. The van der Waals surface area contributed by atoms with Crippen LogP contribution in [0.15, 0.2) is 24.5 Å². The maximum absolute atomic E-state index is 15.4. The van der Waals surface area contributed by atoms with Crippen LogP contribution in [0.1, 0.15) is 12.8 Å². The summed E-state index contributed by atoms with van der Waals surface area (Å²) in [5, 5.41) is 3.88. The predicted molar refractivity (Wildman–Crippen MR) is 127 cm³/mol. The number of nitrogens with zero attached hydrogens (tertiary/aromatic N) is 5. The highest BCUT2D eigenvalue weighted by molar-refractivity contribution is 5.77. The van der Waals surface area contributed by atoms with Crippen LogP contribution in [0.2, 0.25) is 0 Å². The zero-order chi connectivity index (χ0) is 23.7. The second-order valence-corrected chi connectivity index (χ2v) is 9.01. The van der Waals surface area contributed by atoms with E-state index in [0.29, 0.717) is 19.0 Å². The van der Waals surface area contributed by atoms with Gasteiger partial charge in [-0.05, 0) is 31.9 Å². The second-order valence-electron chi connectivity index (χ2n) is 9.01. The van der Waals surface area contributed by atoms with E-state index < -0.39 is 11.6 Å². The summed E-state index contributed by atoms with van der Waals surface area (Å²) in [4.78, 5) is 12.8. The number of anilines is 3. The zero-order valence-corrected chi connectivity index (χ0v) is 19.6. The molecule has 8 nitrogen and oxygen atoms in total. The van der Waals surface area contributed by atoms with E-state index in [0.717, 1.165) is 56.7 Å². The predicted octanol–water partition coefficient (Wildman–Crippen LogP) is 3.64. The Balaban J connectivity index is 1.42. The number of aromatic nitrogens is 3. The number of ether oxygens (including phenoxy) is 2. The van der Waals surface area contributed by atoms with Crippen LogP contribution in [0.5, 0.6) is 5.75 Å². The lowest BCUT2D eigenvalue weighted by atomic mass is 10.0. The molecule has 0 radical (unpaired) electrons. The van der Waals surface area contributed by atoms with Crippen molar-refractivity contribution < 1.29 is 18.3 Å². The van der Waals surface area contributed by atoms with Gasteiger partial charge in [0.05, 0.1) is 12.8 Å². The number of rotatable bonds is 6. The van der Waals surface area contributed by atoms with Crippen LogP contribution in [0.4, 0.5) is 26.1 Å². The van der Waals surface area contributed by atoms with Gasteiger partial charge >= 0.3 is 0 Å². The van der Waals surface area contributed by atoms with Gasteiger partial charge < -0.3 is 29.2 Å². The van der Waals surface area contributed by atoms with Crippen LogP contribution in [0.3, 0.4) is 0 Å². The number of piperazine rings is 1. The minimum Gasteiger partial charge on any atom is -0.491 e. The van der Waals surface area contributed by atoms with Crippen molar-refractivity contribution in [3.05, 3.63) is 36.2 Å². The first-order valence-corrected chi connectivity index (χ1v) is 11.7. The van der Waals surface area contributed by atoms with Gasteiger partial charge in [-0.25, -0.2) is 13.8 Å². The van der Waals surface area contributed by atoms with Gasteiger partial charge in [0.2, 0.25) is 5.95 Å². The van der Waals surface area contributed by atoms with Crippen LogP contribution < -0.4 is 15.0 Å². The maximum atomic E-state index is 15.4. The third-order valence-corrected chi connectivity index (χ3v) is 6.72. The van der Waals surface area contributed by atoms with Gasteiger partial charge in [0.15, 0.2) is 17.4 Å². The van der Waals surface area contributed by atoms with Crippen molar-refractivity contribution in [1.29, 1.82) is 0 Å². The second kappa shape index (κ2) is 9.71. The Bertz CT molecular complexity index is 1160. The zero-order valence-electron chi connectivity index (χ0n) is 19.6. The normalized spacial score (nSPS) is 17.9. The molecule has 0 atom stereocenters. The summed E-state index contributed by atoms with van der Waals surface area (Å²) < 4.78 is 43.4. The van der Waals surface area contributed by atoms with Crippen LogP contribution in [0.25, 0.3) is 11.0 Å². The maximum Gasteiger partial charge on any atom is 0.229 e. The van der Waals surface area contributed by atoms with Crippen LogP contribution in [-0.4, -0.2) is 73.0 Å². The number of halogens is 2. The van der Waals surface area contributed by atoms with Gasteiger partial charge in [-0.15, -0.1) is 0 Å². The van der Waals surface area contributed by atoms with Crippen molar-refractivity contribution in [2.24, 2.45) is 5.92 Å². The van der Waals surface area contributed by atoms with Crippen molar-refractivity contribution in [1.82, 2.24) is 19.4 Å². The van der Waals surface area contributed by atoms with E-state index in [1.807, 2.05) is 19.3 Å². The van der Waals surface area contributed by atoms with Crippen LogP contribution >= 0.6 is 0 Å². The number of nitrogens with one attached hydrogen (secondary N) is 1. The fraction of sp³-hybridized carbons (Fsp3) is 0.500. The Morgan fingerprint density at radius 2 is 1.94 bits per heavy atom. The number of methoxy groups -OCH3 is 1. The van der Waals surface area contributed by atoms with Crippen molar-refractivity contribution in [2.75, 3.05) is 63.8 Å². The molecule has 2 aliphatic rings. The molecule has 1 N–H and O–H groups in total. The fourth-order valence-electron chi connectivity index (χ4n) is 4.71. The Morgan fingerprint density at radius 3 is 2.68 bits per heavy atom. The molecule has 0 aliphatic carbocycles. The largest absolute Gasteiger partial charge is 0.491 e. The monoisotopic (exact) mass is 472 g/mol. The number of benzene rings is 1. The summed E-state index contributed by atoms with van der Waals surface area (Å²) in [7, 11) is 3.37. The molecule has 3 aromatic rings. The first-order chi connectivity index (χ1) is 16.5. The lowest BCUT2D eigenvalue weighted by Gasteiger charge is -2.34. The number of likely N-dealkylation sites (N-methyl/N-ethyl adjacent to an activating group) is 1. The van der Waals surface area contributed by atoms with Crippen molar-refractivity contribution in [2.45, 2.75) is 19.4 Å². The highest BCUT2D eigenvalue weighted by Crippen LogP contribution is 2.38. The van der Waals surface area contributed by atoms with Gasteiger partial charge in [-0.3, -0.25) is 0 Å². The first-order valence-electron chi connectivity index (χ1n) is 11.7. The van der Waals surface area contributed by atoms with Crippen molar-refractivity contribution >= 4 is 28.4 Å². The molecule has 2 fully saturated rings. The van der Waals surface area contributed by atoms with Gasteiger partial charge in [0.1, 0.15) is 11.3 Å². The Hall–Kier alpha value is -2.98. The standard InChI is InChI=1S/C24H30F2N6O2/c1-30-7-9-31(10-8-30)21-18(25)13-19(22(33-2)20(21)26)28-24-27-14-17-3-6-32(23(17)29-24)15-16-4-11-34-12-5-16/h3,6,13-14,16H,4-5,7-12,15H2,1-2H3,(H,27,28,29). The molecule has 0 bridgehead atoms. The average Bonchev–Trinajstić information content (AvgIpc) is 3.23. The number of hydrogen-bond acceptors (Lipinski definition) is 7. The molecule has 2 aliphatic heterocycles. The van der Waals surface area contributed by atoms with E-state index in [4.69, 9.17) is 9.47 Å². The van der Waals surface area contributed by atoms with Gasteiger partial charge in [-0.2, -0.15) is 4.98 Å². The molecule has 2 saturated heterocycles. The topological polar surface area (TPSA) is 67.7 Å². The Kier molecular flexibility index (Phi) is 6.51. The molecule has 0 spiro atoms. The highest BCUT2D eigenvalue weighted by atomic mass is 19.1. The minimum atomic E-state index is -0.724. The molecule has 10 heteroatoms. The summed E-state index contributed by atoms with van der Waals surface area (Å²) >= 11 is 0. The molecule has 4 heterocycles. The number of hydrogen-bond donors (Lipinski definition) is 1. The summed E-state index contributed by atoms with van der Waals surface area (Å²) in [5.74, 6) is -0.644. The van der Waals surface area contributed by atoms with Gasteiger partial charge in [0, 0.05) is 69.8 Å². The molecular formula is C24H30F2N6O2. The molecule has 0 unspecified atom stereocenters. The first kappa shape index (κ1) is 22.8. The molecule has 34 heavy (non-hydrogen) atoms. The third-order valence-electron chi connectivity index (χ3n) is 6.72. The molecule has 2 aromatic heterocycles. The Morgan fingerprint density at radius 1 is 1.18 bits per heavy atom. The summed E-state index contributed by atoms with van der Waals surface area (Å²) in [5.41, 5.74) is 0.868. The quantitative estimate of drug-likeness (QED) is 0.588. The summed E-state index contributed by atoms with van der Waals surface area (Å²) in [6.45, 7) is 4.98. The van der Waals surface area contributed by atoms with Crippen LogP contribution in [-0.2, 0) is 11.3 Å². The van der Waals surface area contributed by atoms with Crippen molar-refractivity contribution in [3.63, 3.8) is 0 Å². The summed E-state index contributed by atoms with van der Waals surface area (Å²) in [6.07, 6.45) is 5.75. The van der Waals surface area contributed by atoms with Gasteiger partial charge in [0.25, 0.3) is 0 Å². The van der Waals surface area contributed by atoms with E-state index in [-0.39, 0.29) is 23.1 Å².